The molecule has 2 aromatic heterocycles. The lowest BCUT2D eigenvalue weighted by molar-refractivity contribution is 0.198. The number of pyridine rings is 1. The Morgan fingerprint density at radius 2 is 2.17 bits per heavy atom. The fourth-order valence-corrected chi connectivity index (χ4v) is 3.33. The Kier molecular flexibility index (Phi) is 3.64. The number of hydrogen-bond acceptors (Lipinski definition) is 4. The number of fused-ring (bicyclic) bond motifs is 1. The number of aromatic nitrogens is 3. The zero-order valence-electron chi connectivity index (χ0n) is 12.1. The van der Waals surface area contributed by atoms with Crippen molar-refractivity contribution in [2.75, 3.05) is 18.0 Å². The van der Waals surface area contributed by atoms with Crippen LogP contribution in [0.5, 0.6) is 0 Å². The van der Waals surface area contributed by atoms with Crippen LogP contribution >= 0.6 is 23.2 Å². The molecule has 1 aliphatic rings. The Bertz CT molecular complexity index is 866. The summed E-state index contributed by atoms with van der Waals surface area (Å²) in [5, 5.41) is 18.5. The molecule has 7 heteroatoms. The second-order valence-corrected chi connectivity index (χ2v) is 6.45. The van der Waals surface area contributed by atoms with Gasteiger partial charge in [0.1, 0.15) is 5.82 Å². The molecule has 3 aromatic rings. The number of aliphatic hydroxyl groups excluding tert-OH is 1. The van der Waals surface area contributed by atoms with E-state index in [2.05, 4.69) is 15.1 Å². The highest BCUT2D eigenvalue weighted by molar-refractivity contribution is 6.45. The first-order valence-electron chi connectivity index (χ1n) is 7.34. The Hall–Kier alpha value is -1.82. The van der Waals surface area contributed by atoms with Crippen molar-refractivity contribution in [3.8, 4) is 11.1 Å². The van der Waals surface area contributed by atoms with Crippen molar-refractivity contribution in [3.63, 3.8) is 0 Å². The van der Waals surface area contributed by atoms with E-state index in [9.17, 15) is 5.11 Å². The van der Waals surface area contributed by atoms with Gasteiger partial charge in [-0.25, -0.2) is 4.98 Å². The molecule has 0 spiro atoms. The van der Waals surface area contributed by atoms with E-state index in [-0.39, 0.29) is 6.10 Å². The first-order valence-corrected chi connectivity index (χ1v) is 8.10. The van der Waals surface area contributed by atoms with Gasteiger partial charge in [0.25, 0.3) is 0 Å². The third kappa shape index (κ3) is 2.55. The number of halogens is 2. The van der Waals surface area contributed by atoms with Crippen LogP contribution in [0, 0.1) is 0 Å². The SMILES string of the molecule is O[C@H]1CCN(c2cc(-c3cn[nH]c3)c3ccc(Cl)c(Cl)c3n2)C1. The third-order valence-corrected chi connectivity index (χ3v) is 4.95. The molecule has 0 amide bonds. The van der Waals surface area contributed by atoms with Gasteiger partial charge in [-0.15, -0.1) is 0 Å². The first kappa shape index (κ1) is 14.8. The fraction of sp³-hybridized carbons (Fsp3) is 0.250. The molecular formula is C16H14Cl2N4O. The van der Waals surface area contributed by atoms with Crippen LogP contribution in [0.15, 0.2) is 30.6 Å². The fourth-order valence-electron chi connectivity index (χ4n) is 2.97. The molecule has 0 radical (unpaired) electrons. The van der Waals surface area contributed by atoms with Gasteiger partial charge in [0.05, 0.1) is 27.9 Å². The molecule has 0 saturated carbocycles. The molecular weight excluding hydrogens is 335 g/mol. The summed E-state index contributed by atoms with van der Waals surface area (Å²) < 4.78 is 0. The zero-order valence-corrected chi connectivity index (χ0v) is 13.6. The van der Waals surface area contributed by atoms with E-state index in [1.54, 1.807) is 12.3 Å². The van der Waals surface area contributed by atoms with Crippen LogP contribution in [-0.4, -0.2) is 39.5 Å². The van der Waals surface area contributed by atoms with Gasteiger partial charge in [-0.1, -0.05) is 29.3 Å². The Labute approximate surface area is 142 Å². The molecule has 1 aromatic carbocycles. The van der Waals surface area contributed by atoms with E-state index in [1.807, 2.05) is 18.3 Å². The highest BCUT2D eigenvalue weighted by atomic mass is 35.5. The van der Waals surface area contributed by atoms with Crippen molar-refractivity contribution >= 4 is 39.9 Å². The van der Waals surface area contributed by atoms with Crippen LogP contribution in [0.4, 0.5) is 5.82 Å². The second-order valence-electron chi connectivity index (χ2n) is 5.66. The van der Waals surface area contributed by atoms with E-state index < -0.39 is 0 Å². The minimum absolute atomic E-state index is 0.320. The average Bonchev–Trinajstić information content (AvgIpc) is 3.21. The summed E-state index contributed by atoms with van der Waals surface area (Å²) in [6.07, 6.45) is 4.02. The number of β-amino-alcohol motifs (C(OH)–C–C–N with tert-alkyl or cyclic N) is 1. The van der Waals surface area contributed by atoms with E-state index in [0.717, 1.165) is 35.3 Å². The van der Waals surface area contributed by atoms with Crippen molar-refractivity contribution < 1.29 is 5.11 Å². The molecule has 23 heavy (non-hydrogen) atoms. The Balaban J connectivity index is 1.96. The van der Waals surface area contributed by atoms with Crippen LogP contribution in [-0.2, 0) is 0 Å². The Morgan fingerprint density at radius 3 is 2.87 bits per heavy atom. The molecule has 3 heterocycles. The average molecular weight is 349 g/mol. The quantitative estimate of drug-likeness (QED) is 0.743. The van der Waals surface area contributed by atoms with Crippen molar-refractivity contribution in [1.29, 1.82) is 0 Å². The zero-order chi connectivity index (χ0) is 16.0. The van der Waals surface area contributed by atoms with Crippen molar-refractivity contribution in [2.24, 2.45) is 0 Å². The van der Waals surface area contributed by atoms with E-state index >= 15 is 0 Å². The number of rotatable bonds is 2. The van der Waals surface area contributed by atoms with Crippen LogP contribution in [0.3, 0.4) is 0 Å². The number of nitrogens with zero attached hydrogens (tertiary/aromatic N) is 3. The highest BCUT2D eigenvalue weighted by Gasteiger charge is 2.23. The molecule has 0 unspecified atom stereocenters. The molecule has 1 aliphatic heterocycles. The maximum absolute atomic E-state index is 9.79. The summed E-state index contributed by atoms with van der Waals surface area (Å²) in [5.74, 6) is 0.786. The number of nitrogens with one attached hydrogen (secondary N) is 1. The number of hydrogen-bond donors (Lipinski definition) is 2. The normalized spacial score (nSPS) is 18.0. The topological polar surface area (TPSA) is 65.0 Å². The lowest BCUT2D eigenvalue weighted by Gasteiger charge is -2.19. The van der Waals surface area contributed by atoms with Gasteiger partial charge in [-0.05, 0) is 24.1 Å². The standard InChI is InChI=1S/C16H14Cl2N4O/c17-13-2-1-11-12(9-6-19-20-7-9)5-14(21-16(11)15(13)18)22-4-3-10(23)8-22/h1-2,5-7,10,23H,3-4,8H2,(H,19,20)/t10-/m0/s1. The minimum Gasteiger partial charge on any atom is -0.391 e. The maximum atomic E-state index is 9.79. The molecule has 1 atom stereocenters. The molecule has 118 valence electrons. The number of anilines is 1. The van der Waals surface area contributed by atoms with Crippen LogP contribution in [0.25, 0.3) is 22.0 Å². The first-order chi connectivity index (χ1) is 11.1. The van der Waals surface area contributed by atoms with Gasteiger partial charge in [-0.2, -0.15) is 5.10 Å². The van der Waals surface area contributed by atoms with Crippen LogP contribution < -0.4 is 4.90 Å². The van der Waals surface area contributed by atoms with E-state index in [0.29, 0.717) is 22.1 Å². The number of H-pyrrole nitrogens is 1. The summed E-state index contributed by atoms with van der Waals surface area (Å²) in [7, 11) is 0. The lowest BCUT2D eigenvalue weighted by Crippen LogP contribution is -2.22. The largest absolute Gasteiger partial charge is 0.391 e. The van der Waals surface area contributed by atoms with Gasteiger partial charge < -0.3 is 10.0 Å². The van der Waals surface area contributed by atoms with Gasteiger partial charge in [0.2, 0.25) is 0 Å². The summed E-state index contributed by atoms with van der Waals surface area (Å²) in [6.45, 7) is 1.34. The molecule has 2 N–H and O–H groups in total. The Morgan fingerprint density at radius 1 is 1.30 bits per heavy atom. The number of aromatic amines is 1. The summed E-state index contributed by atoms with van der Waals surface area (Å²) in [4.78, 5) is 6.75. The number of benzene rings is 1. The van der Waals surface area contributed by atoms with Gasteiger partial charge in [-0.3, -0.25) is 5.10 Å². The molecule has 1 fully saturated rings. The predicted molar refractivity (Wildman–Crippen MR) is 92.2 cm³/mol. The van der Waals surface area contributed by atoms with Gasteiger partial charge in [0, 0.05) is 30.2 Å². The number of aliphatic hydroxyl groups is 1. The summed E-state index contributed by atoms with van der Waals surface area (Å²) >= 11 is 12.5. The summed E-state index contributed by atoms with van der Waals surface area (Å²) in [6, 6.07) is 5.70. The minimum atomic E-state index is -0.320. The highest BCUT2D eigenvalue weighted by Crippen LogP contribution is 2.37. The van der Waals surface area contributed by atoms with Crippen molar-refractivity contribution in [2.45, 2.75) is 12.5 Å². The summed E-state index contributed by atoms with van der Waals surface area (Å²) in [5.41, 5.74) is 2.60. The predicted octanol–water partition coefficient (Wildman–Crippen LogP) is 3.50. The van der Waals surface area contributed by atoms with Gasteiger partial charge in [0.15, 0.2) is 0 Å². The third-order valence-electron chi connectivity index (χ3n) is 4.16. The van der Waals surface area contributed by atoms with Crippen LogP contribution in [0.2, 0.25) is 10.0 Å². The van der Waals surface area contributed by atoms with Crippen molar-refractivity contribution in [1.82, 2.24) is 15.2 Å². The smallest absolute Gasteiger partial charge is 0.130 e. The van der Waals surface area contributed by atoms with E-state index in [1.165, 1.54) is 0 Å². The molecule has 0 aliphatic carbocycles. The van der Waals surface area contributed by atoms with Crippen LogP contribution in [0.1, 0.15) is 6.42 Å². The monoisotopic (exact) mass is 348 g/mol. The van der Waals surface area contributed by atoms with E-state index in [4.69, 9.17) is 28.2 Å². The molecule has 0 bridgehead atoms. The van der Waals surface area contributed by atoms with Gasteiger partial charge >= 0.3 is 0 Å². The molecule has 4 rings (SSSR count). The molecule has 1 saturated heterocycles. The van der Waals surface area contributed by atoms with Crippen molar-refractivity contribution in [3.05, 3.63) is 40.6 Å². The maximum Gasteiger partial charge on any atom is 0.130 e. The lowest BCUT2D eigenvalue weighted by atomic mass is 10.0. The molecule has 5 nitrogen and oxygen atoms in total. The second kappa shape index (κ2) is 5.67.